The van der Waals surface area contributed by atoms with Gasteiger partial charge in [0, 0.05) is 11.1 Å². The number of carbonyl (C=O) groups excluding carboxylic acids is 1. The Hall–Kier alpha value is -1.06. The number of hydrogen-bond acceptors (Lipinski definition) is 3. The average molecular weight is 183 g/mol. The lowest BCUT2D eigenvalue weighted by atomic mass is 9.90. The number of rotatable bonds is 3. The van der Waals surface area contributed by atoms with Gasteiger partial charge in [0.15, 0.2) is 0 Å². The van der Waals surface area contributed by atoms with Gasteiger partial charge in [-0.15, -0.1) is 0 Å². The van der Waals surface area contributed by atoms with Gasteiger partial charge in [-0.05, 0) is 19.3 Å². The van der Waals surface area contributed by atoms with Crippen LogP contribution in [0.3, 0.4) is 0 Å². The van der Waals surface area contributed by atoms with Gasteiger partial charge in [-0.2, -0.15) is 5.10 Å². The molecule has 0 aromatic rings. The summed E-state index contributed by atoms with van der Waals surface area (Å²) in [5.74, 6) is -0.375. The van der Waals surface area contributed by atoms with Gasteiger partial charge in [-0.25, -0.2) is 0 Å². The van der Waals surface area contributed by atoms with Crippen LogP contribution < -0.4 is 11.2 Å². The third kappa shape index (κ3) is 2.72. The molecule has 3 N–H and O–H groups in total. The number of primary amides is 1. The largest absolute Gasteiger partial charge is 0.368 e. The predicted octanol–water partition coefficient (Wildman–Crippen LogP) is 0.627. The molecule has 0 radical (unpaired) electrons. The van der Waals surface area contributed by atoms with Crippen molar-refractivity contribution in [3.8, 4) is 0 Å². The molecule has 1 rings (SSSR count). The minimum absolute atomic E-state index is 0.125. The van der Waals surface area contributed by atoms with E-state index in [1.165, 1.54) is 12.8 Å². The van der Waals surface area contributed by atoms with E-state index in [1.54, 1.807) is 0 Å². The van der Waals surface area contributed by atoms with Crippen LogP contribution in [0.2, 0.25) is 0 Å². The Balaban J connectivity index is 2.46. The van der Waals surface area contributed by atoms with E-state index in [1.807, 2.05) is 0 Å². The molecule has 1 aliphatic carbocycles. The van der Waals surface area contributed by atoms with Crippen LogP contribution in [0, 0.1) is 5.41 Å². The smallest absolute Gasteiger partial charge is 0.238 e. The summed E-state index contributed by atoms with van der Waals surface area (Å²) < 4.78 is 0. The Morgan fingerprint density at radius 1 is 1.69 bits per heavy atom. The molecular weight excluding hydrogens is 166 g/mol. The van der Waals surface area contributed by atoms with Crippen molar-refractivity contribution < 1.29 is 4.79 Å². The SMILES string of the molecule is CC1(C)CCC/C1=N\NCC(N)=O. The Bertz CT molecular complexity index is 233. The highest BCUT2D eigenvalue weighted by molar-refractivity contribution is 5.91. The first-order valence-corrected chi connectivity index (χ1v) is 4.60. The van der Waals surface area contributed by atoms with E-state index in [9.17, 15) is 4.79 Å². The molecule has 0 atom stereocenters. The third-order valence-electron chi connectivity index (χ3n) is 2.46. The molecule has 0 saturated heterocycles. The first-order valence-electron chi connectivity index (χ1n) is 4.60. The normalized spacial score (nSPS) is 23.4. The molecule has 0 heterocycles. The second kappa shape index (κ2) is 3.77. The fourth-order valence-electron chi connectivity index (χ4n) is 1.60. The van der Waals surface area contributed by atoms with Gasteiger partial charge in [0.1, 0.15) is 6.54 Å². The van der Waals surface area contributed by atoms with Crippen molar-refractivity contribution in [3.63, 3.8) is 0 Å². The summed E-state index contributed by atoms with van der Waals surface area (Å²) in [5.41, 5.74) is 9.00. The molecule has 13 heavy (non-hydrogen) atoms. The minimum Gasteiger partial charge on any atom is -0.368 e. The molecule has 0 unspecified atom stereocenters. The Morgan fingerprint density at radius 2 is 2.38 bits per heavy atom. The van der Waals surface area contributed by atoms with Crippen LogP contribution in [0.15, 0.2) is 5.10 Å². The summed E-state index contributed by atoms with van der Waals surface area (Å²) in [6.07, 6.45) is 3.38. The number of hydrazone groups is 1. The second-order valence-electron chi connectivity index (χ2n) is 4.10. The zero-order valence-corrected chi connectivity index (χ0v) is 8.26. The summed E-state index contributed by atoms with van der Waals surface area (Å²) in [5, 5.41) is 4.18. The third-order valence-corrected chi connectivity index (χ3v) is 2.46. The highest BCUT2D eigenvalue weighted by Gasteiger charge is 2.30. The molecule has 1 aliphatic rings. The van der Waals surface area contributed by atoms with Crippen molar-refractivity contribution in [3.05, 3.63) is 0 Å². The Morgan fingerprint density at radius 3 is 2.85 bits per heavy atom. The lowest BCUT2D eigenvalue weighted by Gasteiger charge is -2.17. The molecule has 4 heteroatoms. The molecule has 1 amide bonds. The predicted molar refractivity (Wildman–Crippen MR) is 52.3 cm³/mol. The van der Waals surface area contributed by atoms with Crippen LogP contribution in [-0.2, 0) is 4.79 Å². The lowest BCUT2D eigenvalue weighted by molar-refractivity contribution is -0.117. The molecule has 0 bridgehead atoms. The van der Waals surface area contributed by atoms with Crippen molar-refractivity contribution in [2.45, 2.75) is 33.1 Å². The molecule has 0 spiro atoms. The Labute approximate surface area is 78.6 Å². The van der Waals surface area contributed by atoms with E-state index in [2.05, 4.69) is 24.4 Å². The second-order valence-corrected chi connectivity index (χ2v) is 4.10. The molecule has 0 aromatic heterocycles. The number of amides is 1. The number of carbonyl (C=O) groups is 1. The topological polar surface area (TPSA) is 67.5 Å². The fourth-order valence-corrected chi connectivity index (χ4v) is 1.60. The monoisotopic (exact) mass is 183 g/mol. The zero-order valence-electron chi connectivity index (χ0n) is 8.26. The standard InChI is InChI=1S/C9H17N3O/c1-9(2)5-3-4-7(9)12-11-6-8(10)13/h11H,3-6H2,1-2H3,(H2,10,13)/b12-7+. The van der Waals surface area contributed by atoms with Crippen LogP contribution in [0.25, 0.3) is 0 Å². The summed E-state index contributed by atoms with van der Waals surface area (Å²) in [6, 6.07) is 0. The maximum Gasteiger partial charge on any atom is 0.238 e. The molecule has 4 nitrogen and oxygen atoms in total. The molecule has 1 fully saturated rings. The highest BCUT2D eigenvalue weighted by atomic mass is 16.1. The zero-order chi connectivity index (χ0) is 9.90. The van der Waals surface area contributed by atoms with Crippen molar-refractivity contribution in [2.75, 3.05) is 6.54 Å². The Kier molecular flexibility index (Phi) is 2.90. The summed E-state index contributed by atoms with van der Waals surface area (Å²) >= 11 is 0. The number of nitrogens with one attached hydrogen (secondary N) is 1. The highest BCUT2D eigenvalue weighted by Crippen LogP contribution is 2.34. The van der Waals surface area contributed by atoms with E-state index in [4.69, 9.17) is 5.73 Å². The van der Waals surface area contributed by atoms with Gasteiger partial charge in [-0.3, -0.25) is 4.79 Å². The summed E-state index contributed by atoms with van der Waals surface area (Å²) in [4.78, 5) is 10.4. The maximum atomic E-state index is 10.4. The summed E-state index contributed by atoms with van der Waals surface area (Å²) in [7, 11) is 0. The number of nitrogens with zero attached hydrogens (tertiary/aromatic N) is 1. The van der Waals surface area contributed by atoms with E-state index in [0.717, 1.165) is 12.1 Å². The average Bonchev–Trinajstić information content (AvgIpc) is 2.30. The van der Waals surface area contributed by atoms with E-state index in [0.29, 0.717) is 0 Å². The number of hydrogen-bond donors (Lipinski definition) is 2. The summed E-state index contributed by atoms with van der Waals surface area (Å²) in [6.45, 7) is 4.47. The first-order chi connectivity index (χ1) is 6.02. The maximum absolute atomic E-state index is 10.4. The van der Waals surface area contributed by atoms with Gasteiger partial charge in [0.05, 0.1) is 0 Å². The molecule has 1 saturated carbocycles. The minimum atomic E-state index is -0.375. The number of nitrogens with two attached hydrogens (primary N) is 1. The van der Waals surface area contributed by atoms with Gasteiger partial charge in [-0.1, -0.05) is 13.8 Å². The van der Waals surface area contributed by atoms with Crippen LogP contribution in [-0.4, -0.2) is 18.2 Å². The van der Waals surface area contributed by atoms with Crippen molar-refractivity contribution >= 4 is 11.6 Å². The fraction of sp³-hybridized carbons (Fsp3) is 0.778. The van der Waals surface area contributed by atoms with Gasteiger partial charge in [0.2, 0.25) is 5.91 Å². The molecular formula is C9H17N3O. The molecule has 74 valence electrons. The van der Waals surface area contributed by atoms with Gasteiger partial charge in [0.25, 0.3) is 0 Å². The van der Waals surface area contributed by atoms with Crippen molar-refractivity contribution in [1.82, 2.24) is 5.43 Å². The van der Waals surface area contributed by atoms with Crippen LogP contribution in [0.4, 0.5) is 0 Å². The van der Waals surface area contributed by atoms with Crippen molar-refractivity contribution in [2.24, 2.45) is 16.3 Å². The van der Waals surface area contributed by atoms with Crippen LogP contribution in [0.1, 0.15) is 33.1 Å². The van der Waals surface area contributed by atoms with Gasteiger partial charge >= 0.3 is 0 Å². The van der Waals surface area contributed by atoms with Crippen molar-refractivity contribution in [1.29, 1.82) is 0 Å². The van der Waals surface area contributed by atoms with Crippen LogP contribution in [0.5, 0.6) is 0 Å². The van der Waals surface area contributed by atoms with E-state index >= 15 is 0 Å². The quantitative estimate of drug-likeness (QED) is 0.630. The van der Waals surface area contributed by atoms with Crippen LogP contribution >= 0.6 is 0 Å². The van der Waals surface area contributed by atoms with E-state index < -0.39 is 0 Å². The van der Waals surface area contributed by atoms with E-state index in [-0.39, 0.29) is 17.9 Å². The lowest BCUT2D eigenvalue weighted by Crippen LogP contribution is -2.28. The molecule has 0 aliphatic heterocycles. The molecule has 0 aromatic carbocycles. The first kappa shape index (κ1) is 10.0. The van der Waals surface area contributed by atoms with Gasteiger partial charge < -0.3 is 11.2 Å².